The molecule has 6 nitrogen and oxygen atoms in total. The lowest BCUT2D eigenvalue weighted by Gasteiger charge is -2.06. The first kappa shape index (κ1) is 17.1. The van der Waals surface area contributed by atoms with E-state index in [0.717, 1.165) is 16.8 Å². The zero-order valence-corrected chi connectivity index (χ0v) is 14.2. The van der Waals surface area contributed by atoms with Crippen molar-refractivity contribution in [2.45, 2.75) is 13.1 Å². The van der Waals surface area contributed by atoms with Crippen molar-refractivity contribution in [2.24, 2.45) is 20.5 Å². The first-order valence-corrected chi connectivity index (χ1v) is 8.05. The summed E-state index contributed by atoms with van der Waals surface area (Å²) < 4.78 is 0. The second kappa shape index (κ2) is 8.40. The summed E-state index contributed by atoms with van der Waals surface area (Å²) in [4.78, 5) is 4.13. The van der Waals surface area contributed by atoms with Crippen LogP contribution in [0.5, 0.6) is 0 Å². The molecule has 1 heterocycles. The highest BCUT2D eigenvalue weighted by Gasteiger charge is 2.10. The number of benzene rings is 2. The van der Waals surface area contributed by atoms with E-state index in [2.05, 4.69) is 31.5 Å². The van der Waals surface area contributed by atoms with Gasteiger partial charge in [-0.2, -0.15) is 20.6 Å². The van der Waals surface area contributed by atoms with E-state index in [1.54, 1.807) is 36.5 Å². The molecule has 0 aliphatic heterocycles. The van der Waals surface area contributed by atoms with Gasteiger partial charge in [-0.05, 0) is 42.8 Å². The highest BCUT2D eigenvalue weighted by molar-refractivity contribution is 5.44. The Labute approximate surface area is 151 Å². The molecule has 0 radical (unpaired) electrons. The van der Waals surface area contributed by atoms with Crippen LogP contribution in [-0.4, -0.2) is 4.98 Å². The lowest BCUT2D eigenvalue weighted by Crippen LogP contribution is -1.91. The van der Waals surface area contributed by atoms with E-state index in [0.29, 0.717) is 11.4 Å². The van der Waals surface area contributed by atoms with Gasteiger partial charge < -0.3 is 0 Å². The van der Waals surface area contributed by atoms with E-state index in [4.69, 9.17) is 5.26 Å². The average molecular weight is 340 g/mol. The third-order valence-corrected chi connectivity index (χ3v) is 3.65. The molecule has 0 aliphatic carbocycles. The smallest absolute Gasteiger partial charge is 0.206 e. The number of azo groups is 2. The van der Waals surface area contributed by atoms with Crippen molar-refractivity contribution in [3.05, 3.63) is 89.6 Å². The maximum atomic E-state index is 8.96. The Morgan fingerprint density at radius 1 is 0.885 bits per heavy atom. The highest BCUT2D eigenvalue weighted by atomic mass is 15.3. The Morgan fingerprint density at radius 2 is 1.62 bits per heavy atom. The van der Waals surface area contributed by atoms with Gasteiger partial charge in [0.15, 0.2) is 5.82 Å². The minimum Gasteiger partial charge on any atom is -0.236 e. The van der Waals surface area contributed by atoms with Gasteiger partial charge in [-0.1, -0.05) is 36.4 Å². The third kappa shape index (κ3) is 4.42. The van der Waals surface area contributed by atoms with E-state index in [1.165, 1.54) is 0 Å². The number of hydrogen-bond donors (Lipinski definition) is 0. The molecule has 0 N–H and O–H groups in total. The molecule has 26 heavy (non-hydrogen) atoms. The summed E-state index contributed by atoms with van der Waals surface area (Å²) in [5.41, 5.74) is 3.17. The van der Waals surface area contributed by atoms with Crippen LogP contribution in [0.25, 0.3) is 0 Å². The predicted molar refractivity (Wildman–Crippen MR) is 98.3 cm³/mol. The van der Waals surface area contributed by atoms with E-state index in [1.807, 2.05) is 43.3 Å². The van der Waals surface area contributed by atoms with Crippen molar-refractivity contribution < 1.29 is 0 Å². The van der Waals surface area contributed by atoms with Gasteiger partial charge in [0, 0.05) is 11.8 Å². The van der Waals surface area contributed by atoms with Crippen molar-refractivity contribution in [2.75, 3.05) is 0 Å². The molecule has 2 aromatic carbocycles. The van der Waals surface area contributed by atoms with Gasteiger partial charge in [-0.15, -0.1) is 5.11 Å². The summed E-state index contributed by atoms with van der Waals surface area (Å²) in [6.07, 6.45) is 1.03. The van der Waals surface area contributed by atoms with Gasteiger partial charge in [0.1, 0.15) is 0 Å². The molecule has 0 saturated heterocycles. The van der Waals surface area contributed by atoms with Crippen LogP contribution in [0, 0.1) is 18.3 Å². The second-order valence-corrected chi connectivity index (χ2v) is 5.51. The molecule has 0 aliphatic rings. The van der Waals surface area contributed by atoms with Crippen LogP contribution in [-0.2, 0) is 0 Å². The zero-order chi connectivity index (χ0) is 18.2. The van der Waals surface area contributed by atoms with Gasteiger partial charge in [0.2, 0.25) is 6.17 Å². The Hall–Kier alpha value is -3.72. The lowest BCUT2D eigenvalue weighted by atomic mass is 10.1. The van der Waals surface area contributed by atoms with E-state index >= 15 is 0 Å². The van der Waals surface area contributed by atoms with Crippen LogP contribution >= 0.6 is 0 Å². The molecule has 3 rings (SSSR count). The molecule has 1 aromatic heterocycles. The first-order chi connectivity index (χ1) is 12.8. The quantitative estimate of drug-likeness (QED) is 0.547. The molecule has 3 aromatic rings. The maximum absolute atomic E-state index is 8.96. The number of hydrogen-bond acceptors (Lipinski definition) is 6. The topological polar surface area (TPSA) is 86.1 Å². The molecule has 1 atom stereocenters. The molecular formula is C20H16N6. The first-order valence-electron chi connectivity index (χ1n) is 8.05. The summed E-state index contributed by atoms with van der Waals surface area (Å²) in [6, 6.07) is 22.3. The van der Waals surface area contributed by atoms with Crippen LogP contribution < -0.4 is 0 Å². The van der Waals surface area contributed by atoms with Gasteiger partial charge >= 0.3 is 0 Å². The molecule has 0 bridgehead atoms. The Morgan fingerprint density at radius 3 is 2.31 bits per heavy atom. The van der Waals surface area contributed by atoms with E-state index < -0.39 is 6.17 Å². The molecule has 6 heteroatoms. The Balaban J connectivity index is 1.91. The SMILES string of the molecule is Cc1ccccc1N=NC(N=Nc1ccccn1)c1ccc(C#N)cc1. The van der Waals surface area contributed by atoms with Gasteiger partial charge in [0.05, 0.1) is 17.3 Å². The summed E-state index contributed by atoms with van der Waals surface area (Å²) in [5, 5.41) is 26.1. The fourth-order valence-corrected chi connectivity index (χ4v) is 2.21. The highest BCUT2D eigenvalue weighted by Crippen LogP contribution is 2.26. The fourth-order valence-electron chi connectivity index (χ4n) is 2.21. The van der Waals surface area contributed by atoms with Crippen molar-refractivity contribution in [3.8, 4) is 6.07 Å². The van der Waals surface area contributed by atoms with Gasteiger partial charge in [0.25, 0.3) is 0 Å². The third-order valence-electron chi connectivity index (χ3n) is 3.65. The molecule has 0 amide bonds. The minimum atomic E-state index is -0.621. The van der Waals surface area contributed by atoms with Crippen molar-refractivity contribution in [1.29, 1.82) is 5.26 Å². The molecule has 0 saturated carbocycles. The van der Waals surface area contributed by atoms with Crippen LogP contribution in [0.3, 0.4) is 0 Å². The number of rotatable bonds is 5. The summed E-state index contributed by atoms with van der Waals surface area (Å²) in [5.74, 6) is 0.497. The number of nitrogens with zero attached hydrogens (tertiary/aromatic N) is 6. The van der Waals surface area contributed by atoms with Crippen LogP contribution in [0.1, 0.15) is 22.9 Å². The summed E-state index contributed by atoms with van der Waals surface area (Å²) in [6.45, 7) is 1.97. The maximum Gasteiger partial charge on any atom is 0.206 e. The fraction of sp³-hybridized carbons (Fsp3) is 0.100. The lowest BCUT2D eigenvalue weighted by molar-refractivity contribution is 0.687. The molecule has 0 fully saturated rings. The summed E-state index contributed by atoms with van der Waals surface area (Å²) in [7, 11) is 0. The Bertz CT molecular complexity index is 956. The average Bonchev–Trinajstić information content (AvgIpc) is 2.70. The number of aromatic nitrogens is 1. The van der Waals surface area contributed by atoms with Crippen molar-refractivity contribution in [1.82, 2.24) is 4.98 Å². The number of aryl methyl sites for hydroxylation is 1. The predicted octanol–water partition coefficient (Wildman–Crippen LogP) is 5.83. The molecular weight excluding hydrogens is 324 g/mol. The van der Waals surface area contributed by atoms with Crippen LogP contribution in [0.15, 0.2) is 93.4 Å². The van der Waals surface area contributed by atoms with Crippen molar-refractivity contribution >= 4 is 11.5 Å². The van der Waals surface area contributed by atoms with E-state index in [-0.39, 0.29) is 0 Å². The van der Waals surface area contributed by atoms with Gasteiger partial charge in [-0.3, -0.25) is 0 Å². The summed E-state index contributed by atoms with van der Waals surface area (Å²) >= 11 is 0. The standard InChI is InChI=1S/C20H16N6/c1-15-6-2-3-7-18(15)23-25-20(17-11-9-16(14-21)10-12-17)26-24-19-8-4-5-13-22-19/h2-13,20H,1H3. The van der Waals surface area contributed by atoms with E-state index in [9.17, 15) is 0 Å². The monoisotopic (exact) mass is 340 g/mol. The Kier molecular flexibility index (Phi) is 5.53. The number of pyridine rings is 1. The second-order valence-electron chi connectivity index (χ2n) is 5.51. The van der Waals surface area contributed by atoms with Crippen molar-refractivity contribution in [3.63, 3.8) is 0 Å². The molecule has 126 valence electrons. The molecule has 1 unspecified atom stereocenters. The molecule has 0 spiro atoms. The van der Waals surface area contributed by atoms with Crippen LogP contribution in [0.4, 0.5) is 11.5 Å². The van der Waals surface area contributed by atoms with Gasteiger partial charge in [-0.25, -0.2) is 4.98 Å². The normalized spacial score (nSPS) is 12.3. The minimum absolute atomic E-state index is 0.497. The number of nitriles is 1. The van der Waals surface area contributed by atoms with Crippen LogP contribution in [0.2, 0.25) is 0 Å². The largest absolute Gasteiger partial charge is 0.236 e. The zero-order valence-electron chi connectivity index (χ0n) is 14.2.